The Hall–Kier alpha value is -1.66. The number of nitriles is 1. The second kappa shape index (κ2) is 6.41. The monoisotopic (exact) mass is 312 g/mol. The maximum absolute atomic E-state index is 12.2. The number of nitrogens with one attached hydrogen (secondary N) is 1. The van der Waals surface area contributed by atoms with Crippen molar-refractivity contribution in [2.45, 2.75) is 17.4 Å². The molecule has 1 aromatic carbocycles. The number of sulfonamides is 1. The number of anilines is 1. The van der Waals surface area contributed by atoms with E-state index in [1.54, 1.807) is 25.1 Å². The van der Waals surface area contributed by atoms with E-state index in [1.807, 2.05) is 0 Å². The zero-order valence-electron chi connectivity index (χ0n) is 12.3. The second-order valence-corrected chi connectivity index (χ2v) is 7.16. The van der Waals surface area contributed by atoms with E-state index in [1.165, 1.54) is 25.1 Å². The number of rotatable bonds is 6. The molecule has 116 valence electrons. The first kappa shape index (κ1) is 17.4. The SMILES string of the molecule is CN(C)CC(C)(O)CNS(=O)(=O)c1ccc(N)cc1C#N. The van der Waals surface area contributed by atoms with Crippen LogP contribution >= 0.6 is 0 Å². The molecular weight excluding hydrogens is 292 g/mol. The highest BCUT2D eigenvalue weighted by atomic mass is 32.2. The van der Waals surface area contributed by atoms with Gasteiger partial charge in [0.1, 0.15) is 6.07 Å². The highest BCUT2D eigenvalue weighted by Gasteiger charge is 2.26. The first-order valence-electron chi connectivity index (χ1n) is 6.24. The predicted octanol–water partition coefficient (Wildman–Crippen LogP) is -0.269. The van der Waals surface area contributed by atoms with Crippen molar-refractivity contribution in [2.24, 2.45) is 0 Å². The molecule has 0 aliphatic heterocycles. The van der Waals surface area contributed by atoms with E-state index in [4.69, 9.17) is 11.0 Å². The highest BCUT2D eigenvalue weighted by molar-refractivity contribution is 7.89. The highest BCUT2D eigenvalue weighted by Crippen LogP contribution is 2.18. The van der Waals surface area contributed by atoms with Crippen molar-refractivity contribution in [2.75, 3.05) is 32.9 Å². The lowest BCUT2D eigenvalue weighted by atomic mass is 10.1. The Kier molecular flexibility index (Phi) is 5.31. The summed E-state index contributed by atoms with van der Waals surface area (Å²) in [5.74, 6) is 0. The Balaban J connectivity index is 2.96. The molecule has 7 nitrogen and oxygen atoms in total. The molecule has 0 amide bonds. The van der Waals surface area contributed by atoms with Crippen LogP contribution in [0.25, 0.3) is 0 Å². The molecule has 0 saturated heterocycles. The molecule has 0 aliphatic rings. The first-order valence-corrected chi connectivity index (χ1v) is 7.72. The van der Waals surface area contributed by atoms with Gasteiger partial charge in [0, 0.05) is 18.8 Å². The summed E-state index contributed by atoms with van der Waals surface area (Å²) in [5.41, 5.74) is 4.59. The Bertz CT molecular complexity index is 648. The minimum atomic E-state index is -3.90. The van der Waals surface area contributed by atoms with Gasteiger partial charge in [-0.2, -0.15) is 5.26 Å². The molecule has 0 bridgehead atoms. The maximum atomic E-state index is 12.2. The van der Waals surface area contributed by atoms with Gasteiger partial charge in [-0.15, -0.1) is 0 Å². The number of aliphatic hydroxyl groups is 1. The van der Waals surface area contributed by atoms with Crippen molar-refractivity contribution >= 4 is 15.7 Å². The van der Waals surface area contributed by atoms with Crippen LogP contribution < -0.4 is 10.5 Å². The van der Waals surface area contributed by atoms with Crippen LogP contribution in [0.4, 0.5) is 5.69 Å². The van der Waals surface area contributed by atoms with Crippen LogP contribution in [0.3, 0.4) is 0 Å². The minimum absolute atomic E-state index is 0.0326. The van der Waals surface area contributed by atoms with Gasteiger partial charge < -0.3 is 15.7 Å². The largest absolute Gasteiger partial charge is 0.399 e. The molecule has 0 spiro atoms. The van der Waals surface area contributed by atoms with E-state index in [-0.39, 0.29) is 17.0 Å². The van der Waals surface area contributed by atoms with E-state index in [0.29, 0.717) is 12.2 Å². The van der Waals surface area contributed by atoms with Gasteiger partial charge in [-0.3, -0.25) is 0 Å². The van der Waals surface area contributed by atoms with Gasteiger partial charge in [-0.1, -0.05) is 0 Å². The Labute approximate surface area is 125 Å². The van der Waals surface area contributed by atoms with Gasteiger partial charge >= 0.3 is 0 Å². The third-order valence-corrected chi connectivity index (χ3v) is 4.17. The van der Waals surface area contributed by atoms with Gasteiger partial charge in [-0.25, -0.2) is 13.1 Å². The number of benzene rings is 1. The van der Waals surface area contributed by atoms with E-state index in [9.17, 15) is 13.5 Å². The van der Waals surface area contributed by atoms with Crippen molar-refractivity contribution in [3.05, 3.63) is 23.8 Å². The summed E-state index contributed by atoms with van der Waals surface area (Å²) >= 11 is 0. The lowest BCUT2D eigenvalue weighted by Gasteiger charge is -2.27. The van der Waals surface area contributed by atoms with Gasteiger partial charge in [0.2, 0.25) is 10.0 Å². The molecule has 0 radical (unpaired) electrons. The molecule has 1 atom stereocenters. The summed E-state index contributed by atoms with van der Waals surface area (Å²) < 4.78 is 26.8. The molecule has 0 aliphatic carbocycles. The average molecular weight is 312 g/mol. The van der Waals surface area contributed by atoms with Gasteiger partial charge in [-0.05, 0) is 39.2 Å². The minimum Gasteiger partial charge on any atom is -0.399 e. The van der Waals surface area contributed by atoms with Crippen LogP contribution in [0.5, 0.6) is 0 Å². The zero-order chi connectivity index (χ0) is 16.3. The van der Waals surface area contributed by atoms with E-state index in [0.717, 1.165) is 0 Å². The summed E-state index contributed by atoms with van der Waals surface area (Å²) in [5, 5.41) is 19.1. The number of nitrogens with two attached hydrogens (primary N) is 1. The molecule has 1 unspecified atom stereocenters. The van der Waals surface area contributed by atoms with Crippen LogP contribution in [0.1, 0.15) is 12.5 Å². The molecule has 8 heteroatoms. The van der Waals surface area contributed by atoms with E-state index >= 15 is 0 Å². The fourth-order valence-corrected chi connectivity index (χ4v) is 3.23. The van der Waals surface area contributed by atoms with Crippen LogP contribution in [-0.2, 0) is 10.0 Å². The van der Waals surface area contributed by atoms with E-state index < -0.39 is 15.6 Å². The van der Waals surface area contributed by atoms with Crippen molar-refractivity contribution in [1.82, 2.24) is 9.62 Å². The second-order valence-electron chi connectivity index (χ2n) is 5.43. The smallest absolute Gasteiger partial charge is 0.241 e. The quantitative estimate of drug-likeness (QED) is 0.622. The van der Waals surface area contributed by atoms with Crippen molar-refractivity contribution in [1.29, 1.82) is 5.26 Å². The van der Waals surface area contributed by atoms with Crippen molar-refractivity contribution < 1.29 is 13.5 Å². The fraction of sp³-hybridized carbons (Fsp3) is 0.462. The average Bonchev–Trinajstić information content (AvgIpc) is 2.34. The van der Waals surface area contributed by atoms with Crippen LogP contribution in [-0.4, -0.2) is 51.2 Å². The topological polar surface area (TPSA) is 119 Å². The van der Waals surface area contributed by atoms with Gasteiger partial charge in [0.15, 0.2) is 0 Å². The lowest BCUT2D eigenvalue weighted by Crippen LogP contribution is -2.47. The number of hydrogen-bond donors (Lipinski definition) is 3. The fourth-order valence-electron chi connectivity index (χ4n) is 1.93. The number of nitrogens with zero attached hydrogens (tertiary/aromatic N) is 2. The normalized spacial score (nSPS) is 14.7. The number of nitrogen functional groups attached to an aromatic ring is 1. The standard InChI is InChI=1S/C13H20N4O3S/c1-13(18,9-17(2)3)8-16-21(19,20)12-5-4-11(15)6-10(12)7-14/h4-6,16,18H,8-9,15H2,1-3H3. The lowest BCUT2D eigenvalue weighted by molar-refractivity contribution is 0.0386. The molecule has 0 heterocycles. The summed E-state index contributed by atoms with van der Waals surface area (Å²) in [6.45, 7) is 1.66. The Morgan fingerprint density at radius 2 is 2.10 bits per heavy atom. The van der Waals surface area contributed by atoms with E-state index in [2.05, 4.69) is 4.72 Å². The third-order valence-electron chi connectivity index (χ3n) is 2.71. The molecule has 21 heavy (non-hydrogen) atoms. The molecule has 1 rings (SSSR count). The summed E-state index contributed by atoms with van der Waals surface area (Å²) in [6, 6.07) is 5.78. The zero-order valence-corrected chi connectivity index (χ0v) is 13.1. The molecule has 0 saturated carbocycles. The maximum Gasteiger partial charge on any atom is 0.241 e. The van der Waals surface area contributed by atoms with Gasteiger partial charge in [0.05, 0.1) is 16.1 Å². The number of hydrogen-bond acceptors (Lipinski definition) is 6. The van der Waals surface area contributed by atoms with Crippen molar-refractivity contribution in [3.63, 3.8) is 0 Å². The molecule has 0 fully saturated rings. The van der Waals surface area contributed by atoms with Crippen LogP contribution in [0.15, 0.2) is 23.1 Å². The molecule has 0 aromatic heterocycles. The van der Waals surface area contributed by atoms with Gasteiger partial charge in [0.25, 0.3) is 0 Å². The molecular formula is C13H20N4O3S. The summed E-state index contributed by atoms with van der Waals surface area (Å²) in [7, 11) is -0.346. The third kappa shape index (κ3) is 4.99. The predicted molar refractivity (Wildman–Crippen MR) is 79.9 cm³/mol. The van der Waals surface area contributed by atoms with Crippen molar-refractivity contribution in [3.8, 4) is 6.07 Å². The Morgan fingerprint density at radius 3 is 2.62 bits per heavy atom. The summed E-state index contributed by atoms with van der Waals surface area (Å²) in [4.78, 5) is 1.60. The summed E-state index contributed by atoms with van der Waals surface area (Å²) in [6.07, 6.45) is 0. The molecule has 1 aromatic rings. The number of likely N-dealkylation sites (N-methyl/N-ethyl adjacent to an activating group) is 1. The molecule has 4 N–H and O–H groups in total. The van der Waals surface area contributed by atoms with Crippen LogP contribution in [0.2, 0.25) is 0 Å². The first-order chi connectivity index (χ1) is 9.57. The van der Waals surface area contributed by atoms with Crippen LogP contribution in [0, 0.1) is 11.3 Å². The Morgan fingerprint density at radius 1 is 1.48 bits per heavy atom.